The van der Waals surface area contributed by atoms with Crippen LogP contribution < -0.4 is 5.32 Å². The van der Waals surface area contributed by atoms with Crippen molar-refractivity contribution in [3.63, 3.8) is 0 Å². The maximum absolute atomic E-state index is 5.88. The predicted octanol–water partition coefficient (Wildman–Crippen LogP) is 2.83. The summed E-state index contributed by atoms with van der Waals surface area (Å²) in [7, 11) is 0. The van der Waals surface area contributed by atoms with Crippen molar-refractivity contribution in [1.82, 2.24) is 5.32 Å². The van der Waals surface area contributed by atoms with E-state index in [-0.39, 0.29) is 0 Å². The topological polar surface area (TPSA) is 21.3 Å². The Bertz CT molecular complexity index is 320. The van der Waals surface area contributed by atoms with E-state index in [1.807, 2.05) is 0 Å². The molecule has 3 atom stereocenters. The summed E-state index contributed by atoms with van der Waals surface area (Å²) >= 11 is 0. The van der Waals surface area contributed by atoms with Crippen LogP contribution in [0.2, 0.25) is 0 Å². The van der Waals surface area contributed by atoms with Gasteiger partial charge in [-0.25, -0.2) is 0 Å². The van der Waals surface area contributed by atoms with E-state index in [9.17, 15) is 0 Å². The molecule has 0 amide bonds. The maximum Gasteiger partial charge on any atom is 0.0685 e. The highest BCUT2D eigenvalue weighted by molar-refractivity contribution is 5.11. The predicted molar refractivity (Wildman–Crippen MR) is 72.4 cm³/mol. The lowest BCUT2D eigenvalue weighted by atomic mass is 9.57. The molecule has 3 saturated carbocycles. The van der Waals surface area contributed by atoms with Gasteiger partial charge in [0.2, 0.25) is 0 Å². The summed E-state index contributed by atoms with van der Waals surface area (Å²) < 4.78 is 5.88. The van der Waals surface area contributed by atoms with Crippen LogP contribution in [0.15, 0.2) is 0 Å². The average molecular weight is 249 g/mol. The van der Waals surface area contributed by atoms with Crippen LogP contribution in [0.25, 0.3) is 0 Å². The van der Waals surface area contributed by atoms with E-state index in [2.05, 4.69) is 19.2 Å². The molecule has 4 rings (SSSR count). The summed E-state index contributed by atoms with van der Waals surface area (Å²) in [5.74, 6) is 3.95. The van der Waals surface area contributed by atoms with Gasteiger partial charge in [0, 0.05) is 24.0 Å². The van der Waals surface area contributed by atoms with E-state index in [0.29, 0.717) is 17.6 Å². The third-order valence-electron chi connectivity index (χ3n) is 6.13. The Morgan fingerprint density at radius 1 is 1.11 bits per heavy atom. The molecule has 1 saturated heterocycles. The summed E-state index contributed by atoms with van der Waals surface area (Å²) in [6.07, 6.45) is 7.84. The van der Waals surface area contributed by atoms with Gasteiger partial charge in [-0.1, -0.05) is 13.8 Å². The largest absolute Gasteiger partial charge is 0.377 e. The molecule has 0 bridgehead atoms. The minimum Gasteiger partial charge on any atom is -0.377 e. The fourth-order valence-corrected chi connectivity index (χ4v) is 4.77. The van der Waals surface area contributed by atoms with Gasteiger partial charge in [-0.3, -0.25) is 0 Å². The van der Waals surface area contributed by atoms with Gasteiger partial charge in [0.25, 0.3) is 0 Å². The fraction of sp³-hybridized carbons (Fsp3) is 1.00. The van der Waals surface area contributed by atoms with Crippen LogP contribution in [-0.4, -0.2) is 25.3 Å². The minimum absolute atomic E-state index is 0.360. The Kier molecular flexibility index (Phi) is 2.58. The lowest BCUT2D eigenvalue weighted by Crippen LogP contribution is -2.66. The Labute approximate surface area is 111 Å². The SMILES string of the molecule is CC1(C)C(NCC(C2CC2)C2CC2)C2CCOC21. The van der Waals surface area contributed by atoms with Gasteiger partial charge in [-0.2, -0.15) is 0 Å². The van der Waals surface area contributed by atoms with Crippen LogP contribution >= 0.6 is 0 Å². The van der Waals surface area contributed by atoms with E-state index in [0.717, 1.165) is 30.3 Å². The number of nitrogens with one attached hydrogen (secondary N) is 1. The lowest BCUT2D eigenvalue weighted by Gasteiger charge is -2.55. The highest BCUT2D eigenvalue weighted by atomic mass is 16.5. The first-order chi connectivity index (χ1) is 8.68. The van der Waals surface area contributed by atoms with Crippen LogP contribution in [0.1, 0.15) is 46.0 Å². The van der Waals surface area contributed by atoms with Crippen molar-refractivity contribution in [3.8, 4) is 0 Å². The zero-order valence-electron chi connectivity index (χ0n) is 11.8. The molecule has 0 spiro atoms. The molecule has 18 heavy (non-hydrogen) atoms. The smallest absolute Gasteiger partial charge is 0.0685 e. The summed E-state index contributed by atoms with van der Waals surface area (Å²) in [4.78, 5) is 0. The number of hydrogen-bond acceptors (Lipinski definition) is 2. The number of fused-ring (bicyclic) bond motifs is 1. The first-order valence-corrected chi connectivity index (χ1v) is 8.03. The summed E-state index contributed by atoms with van der Waals surface area (Å²) in [5.41, 5.74) is 0.360. The molecular weight excluding hydrogens is 222 g/mol. The fourth-order valence-electron chi connectivity index (χ4n) is 4.77. The van der Waals surface area contributed by atoms with E-state index >= 15 is 0 Å². The Morgan fingerprint density at radius 3 is 2.39 bits per heavy atom. The van der Waals surface area contributed by atoms with Gasteiger partial charge >= 0.3 is 0 Å². The van der Waals surface area contributed by atoms with Crippen LogP contribution in [0.3, 0.4) is 0 Å². The zero-order chi connectivity index (χ0) is 12.3. The third-order valence-corrected chi connectivity index (χ3v) is 6.13. The molecule has 2 nitrogen and oxygen atoms in total. The highest BCUT2D eigenvalue weighted by Gasteiger charge is 2.59. The number of rotatable bonds is 5. The summed E-state index contributed by atoms with van der Waals surface area (Å²) in [6.45, 7) is 7.05. The van der Waals surface area contributed by atoms with Crippen LogP contribution in [-0.2, 0) is 4.74 Å². The zero-order valence-corrected chi connectivity index (χ0v) is 11.8. The van der Waals surface area contributed by atoms with Crippen molar-refractivity contribution in [2.24, 2.45) is 29.1 Å². The molecule has 3 unspecified atom stereocenters. The van der Waals surface area contributed by atoms with Gasteiger partial charge < -0.3 is 10.1 Å². The third kappa shape index (κ3) is 1.76. The van der Waals surface area contributed by atoms with Crippen molar-refractivity contribution in [2.45, 2.75) is 58.1 Å². The molecule has 0 radical (unpaired) electrons. The molecule has 102 valence electrons. The van der Waals surface area contributed by atoms with Crippen LogP contribution in [0, 0.1) is 29.1 Å². The average Bonchev–Trinajstić information content (AvgIpc) is 3.24. The van der Waals surface area contributed by atoms with Crippen molar-refractivity contribution in [3.05, 3.63) is 0 Å². The second-order valence-corrected chi connectivity index (χ2v) is 7.79. The van der Waals surface area contributed by atoms with Gasteiger partial charge in [-0.05, 0) is 56.4 Å². The second-order valence-electron chi connectivity index (χ2n) is 7.79. The van der Waals surface area contributed by atoms with Crippen LogP contribution in [0.5, 0.6) is 0 Å². The van der Waals surface area contributed by atoms with Crippen molar-refractivity contribution >= 4 is 0 Å². The molecule has 0 aromatic rings. The molecule has 1 heterocycles. The standard InChI is InChI=1S/C16H27NO/c1-16(2)14(12-7-8-18-15(12)16)17-9-13(10-3-4-10)11-5-6-11/h10-15,17H,3-9H2,1-2H3. The quantitative estimate of drug-likeness (QED) is 0.809. The Morgan fingerprint density at radius 2 is 1.78 bits per heavy atom. The summed E-state index contributed by atoms with van der Waals surface area (Å²) in [6, 6.07) is 0.713. The van der Waals surface area contributed by atoms with Crippen molar-refractivity contribution in [1.29, 1.82) is 0 Å². The molecule has 1 aliphatic heterocycles. The molecule has 0 aromatic heterocycles. The minimum atomic E-state index is 0.360. The molecule has 2 heteroatoms. The number of ether oxygens (including phenoxy) is 1. The molecule has 0 aromatic carbocycles. The van der Waals surface area contributed by atoms with E-state index in [1.165, 1.54) is 38.6 Å². The van der Waals surface area contributed by atoms with E-state index in [1.54, 1.807) is 0 Å². The molecule has 4 aliphatic rings. The van der Waals surface area contributed by atoms with Gasteiger partial charge in [0.15, 0.2) is 0 Å². The number of hydrogen-bond donors (Lipinski definition) is 1. The van der Waals surface area contributed by atoms with Gasteiger partial charge in [-0.15, -0.1) is 0 Å². The highest BCUT2D eigenvalue weighted by Crippen LogP contribution is 2.53. The van der Waals surface area contributed by atoms with Gasteiger partial charge in [0.05, 0.1) is 6.10 Å². The maximum atomic E-state index is 5.88. The Balaban J connectivity index is 1.36. The lowest BCUT2D eigenvalue weighted by molar-refractivity contribution is -0.113. The molecular formula is C16H27NO. The molecule has 4 fully saturated rings. The van der Waals surface area contributed by atoms with Crippen LogP contribution in [0.4, 0.5) is 0 Å². The summed E-state index contributed by atoms with van der Waals surface area (Å²) in [5, 5.41) is 3.94. The normalized spacial score (nSPS) is 41.8. The first kappa shape index (κ1) is 11.7. The van der Waals surface area contributed by atoms with Gasteiger partial charge in [0.1, 0.15) is 0 Å². The molecule has 1 N–H and O–H groups in total. The van der Waals surface area contributed by atoms with Crippen molar-refractivity contribution in [2.75, 3.05) is 13.2 Å². The Hall–Kier alpha value is -0.0800. The monoisotopic (exact) mass is 249 g/mol. The first-order valence-electron chi connectivity index (χ1n) is 8.03. The van der Waals surface area contributed by atoms with E-state index in [4.69, 9.17) is 4.74 Å². The molecule has 3 aliphatic carbocycles. The second kappa shape index (κ2) is 3.96. The van der Waals surface area contributed by atoms with E-state index < -0.39 is 0 Å². The van der Waals surface area contributed by atoms with Crippen molar-refractivity contribution < 1.29 is 4.74 Å².